The molecule has 3 aromatic carbocycles. The Hall–Kier alpha value is -4.09. The molecule has 3 aliphatic rings. The van der Waals surface area contributed by atoms with Crippen LogP contribution in [0.4, 0.5) is 4.79 Å². The molecule has 3 aliphatic heterocycles. The van der Waals surface area contributed by atoms with Gasteiger partial charge in [-0.25, -0.2) is 4.79 Å². The number of alkyl carbamates (subject to hydrolysis) is 1. The lowest BCUT2D eigenvalue weighted by Crippen LogP contribution is -2.41. The number of aliphatic hydroxyl groups is 1. The second kappa shape index (κ2) is 16.3. The molecule has 4 atom stereocenters. The zero-order chi connectivity index (χ0) is 33.3. The van der Waals surface area contributed by atoms with E-state index in [4.69, 9.17) is 14.2 Å². The van der Waals surface area contributed by atoms with Crippen molar-refractivity contribution in [1.82, 2.24) is 15.1 Å². The fourth-order valence-electron chi connectivity index (χ4n) is 6.65. The molecule has 3 saturated heterocycles. The molecule has 48 heavy (non-hydrogen) atoms. The Morgan fingerprint density at radius 1 is 0.812 bits per heavy atom. The fraction of sp³-hybridized carbons (Fsp3) is 0.447. The number of nitrogens with zero attached hydrogens (tertiary/aromatic N) is 2. The molecule has 3 amide bonds. The summed E-state index contributed by atoms with van der Waals surface area (Å²) in [4.78, 5) is 41.9. The van der Waals surface area contributed by atoms with Crippen molar-refractivity contribution in [3.05, 3.63) is 107 Å². The van der Waals surface area contributed by atoms with E-state index in [0.717, 1.165) is 53.9 Å². The minimum atomic E-state index is -0.960. The summed E-state index contributed by atoms with van der Waals surface area (Å²) in [7, 11) is 0. The third-order valence-corrected chi connectivity index (χ3v) is 9.37. The topological polar surface area (TPSA) is 118 Å². The van der Waals surface area contributed by atoms with Crippen molar-refractivity contribution in [2.24, 2.45) is 0 Å². The largest absolute Gasteiger partial charge is 0.445 e. The monoisotopic (exact) mass is 655 g/mol. The van der Waals surface area contributed by atoms with Gasteiger partial charge >= 0.3 is 6.09 Å². The smallest absolute Gasteiger partial charge is 0.408 e. The molecule has 2 N–H and O–H groups in total. The number of aliphatic hydroxyl groups excluding tert-OH is 1. The molecule has 3 fully saturated rings. The first-order valence-corrected chi connectivity index (χ1v) is 17.1. The van der Waals surface area contributed by atoms with Gasteiger partial charge in [-0.15, -0.1) is 0 Å². The van der Waals surface area contributed by atoms with Gasteiger partial charge in [-0.2, -0.15) is 0 Å². The molecule has 0 radical (unpaired) electrons. The van der Waals surface area contributed by atoms with Crippen LogP contribution in [0.15, 0.2) is 78.9 Å². The van der Waals surface area contributed by atoms with Gasteiger partial charge in [0.25, 0.3) is 5.91 Å². The Labute approximate surface area is 282 Å². The SMILES string of the molecule is O=C(NC1CC(=O)N(Cc2ccc(C3OC(CN4CCCCCCC4)CC(c4ccc(CO)cc4)O3)cc2)C1=O)OCc1ccccc1. The first-order valence-electron chi connectivity index (χ1n) is 17.1. The summed E-state index contributed by atoms with van der Waals surface area (Å²) >= 11 is 0. The molecule has 0 spiro atoms. The summed E-state index contributed by atoms with van der Waals surface area (Å²) in [5.74, 6) is -0.805. The van der Waals surface area contributed by atoms with Crippen LogP contribution in [-0.4, -0.2) is 64.6 Å². The number of ether oxygens (including phenoxy) is 3. The van der Waals surface area contributed by atoms with Gasteiger partial charge in [0.1, 0.15) is 12.6 Å². The maximum Gasteiger partial charge on any atom is 0.408 e. The highest BCUT2D eigenvalue weighted by atomic mass is 16.7. The summed E-state index contributed by atoms with van der Waals surface area (Å²) in [5.41, 5.74) is 4.36. The van der Waals surface area contributed by atoms with Crippen molar-refractivity contribution in [2.45, 2.75) is 89.2 Å². The lowest BCUT2D eigenvalue weighted by atomic mass is 9.99. The van der Waals surface area contributed by atoms with Crippen LogP contribution in [0.25, 0.3) is 0 Å². The van der Waals surface area contributed by atoms with Gasteiger partial charge in [0.15, 0.2) is 6.29 Å². The van der Waals surface area contributed by atoms with Gasteiger partial charge in [-0.05, 0) is 48.2 Å². The molecule has 0 aromatic heterocycles. The van der Waals surface area contributed by atoms with E-state index in [0.29, 0.717) is 0 Å². The lowest BCUT2D eigenvalue weighted by Gasteiger charge is -2.39. The Bertz CT molecular complexity index is 1510. The Morgan fingerprint density at radius 2 is 1.48 bits per heavy atom. The van der Waals surface area contributed by atoms with Crippen molar-refractivity contribution < 1.29 is 33.7 Å². The quantitative estimate of drug-likeness (QED) is 0.274. The van der Waals surface area contributed by atoms with E-state index >= 15 is 0 Å². The average Bonchev–Trinajstić information content (AvgIpc) is 3.36. The number of rotatable bonds is 10. The predicted molar refractivity (Wildman–Crippen MR) is 178 cm³/mol. The minimum absolute atomic E-state index is 0.00540. The molecular weight excluding hydrogens is 610 g/mol. The third kappa shape index (κ3) is 8.87. The minimum Gasteiger partial charge on any atom is -0.445 e. The molecule has 0 aliphatic carbocycles. The molecule has 0 saturated carbocycles. The number of hydrogen-bond acceptors (Lipinski definition) is 8. The molecule has 4 unspecified atom stereocenters. The van der Waals surface area contributed by atoms with Gasteiger partial charge in [-0.1, -0.05) is 98.1 Å². The summed E-state index contributed by atoms with van der Waals surface area (Å²) in [6, 6.07) is 23.8. The number of imide groups is 1. The number of carbonyl (C=O) groups excluding carboxylic acids is 3. The highest BCUT2D eigenvalue weighted by Crippen LogP contribution is 2.38. The number of amides is 3. The summed E-state index contributed by atoms with van der Waals surface area (Å²) in [6.45, 7) is 3.16. The van der Waals surface area contributed by atoms with Crippen LogP contribution in [0.3, 0.4) is 0 Å². The first-order chi connectivity index (χ1) is 23.4. The Morgan fingerprint density at radius 3 is 2.19 bits per heavy atom. The number of likely N-dealkylation sites (tertiary alicyclic amines) is 2. The Balaban J connectivity index is 1.08. The summed E-state index contributed by atoms with van der Waals surface area (Å²) < 4.78 is 18.3. The standard InChI is InChI=1S/C38H45N3O7/c42-25-28-13-15-30(16-14-28)34-21-32(24-40-19-7-2-1-3-8-20-40)47-37(48-34)31-17-11-27(12-18-31)23-41-35(43)22-33(36(41)44)39-38(45)46-26-29-9-5-4-6-10-29/h4-6,9-18,32-34,37,42H,1-3,7-8,19-26H2,(H,39,45). The van der Waals surface area contributed by atoms with E-state index in [1.165, 1.54) is 37.0 Å². The molecule has 3 aromatic rings. The van der Waals surface area contributed by atoms with E-state index in [2.05, 4.69) is 10.2 Å². The van der Waals surface area contributed by atoms with Crippen LogP contribution < -0.4 is 5.32 Å². The summed E-state index contributed by atoms with van der Waals surface area (Å²) in [5, 5.41) is 12.1. The third-order valence-electron chi connectivity index (χ3n) is 9.37. The fourth-order valence-corrected chi connectivity index (χ4v) is 6.65. The van der Waals surface area contributed by atoms with Crippen molar-refractivity contribution in [2.75, 3.05) is 19.6 Å². The average molecular weight is 656 g/mol. The number of hydrogen-bond donors (Lipinski definition) is 2. The molecule has 6 rings (SSSR count). The normalized spacial score (nSPS) is 23.8. The second-order valence-electron chi connectivity index (χ2n) is 12.9. The van der Waals surface area contributed by atoms with Crippen LogP contribution >= 0.6 is 0 Å². The number of benzene rings is 3. The Kier molecular flexibility index (Phi) is 11.5. The van der Waals surface area contributed by atoms with Crippen molar-refractivity contribution in [3.63, 3.8) is 0 Å². The van der Waals surface area contributed by atoms with Crippen LogP contribution in [0.1, 0.15) is 85.2 Å². The maximum atomic E-state index is 13.1. The van der Waals surface area contributed by atoms with E-state index in [-0.39, 0.29) is 44.3 Å². The van der Waals surface area contributed by atoms with Crippen LogP contribution in [0, 0.1) is 0 Å². The maximum absolute atomic E-state index is 13.1. The van der Waals surface area contributed by atoms with Crippen LogP contribution in [0.5, 0.6) is 0 Å². The van der Waals surface area contributed by atoms with E-state index in [1.807, 2.05) is 78.9 Å². The molecule has 10 heteroatoms. The van der Waals surface area contributed by atoms with Gasteiger partial charge in [0, 0.05) is 18.5 Å². The van der Waals surface area contributed by atoms with Crippen molar-refractivity contribution in [3.8, 4) is 0 Å². The van der Waals surface area contributed by atoms with Gasteiger partial charge in [-0.3, -0.25) is 14.5 Å². The molecule has 10 nitrogen and oxygen atoms in total. The molecule has 0 bridgehead atoms. The molecule has 254 valence electrons. The summed E-state index contributed by atoms with van der Waals surface area (Å²) in [6.07, 6.45) is 5.38. The van der Waals surface area contributed by atoms with Gasteiger partial charge in [0.2, 0.25) is 5.91 Å². The van der Waals surface area contributed by atoms with Crippen LogP contribution in [-0.2, 0) is 43.6 Å². The predicted octanol–water partition coefficient (Wildman–Crippen LogP) is 5.54. The zero-order valence-corrected chi connectivity index (χ0v) is 27.3. The molecule has 3 heterocycles. The molecular formula is C38H45N3O7. The van der Waals surface area contributed by atoms with Gasteiger partial charge in [0.05, 0.1) is 31.8 Å². The lowest BCUT2D eigenvalue weighted by molar-refractivity contribution is -0.253. The van der Waals surface area contributed by atoms with Crippen molar-refractivity contribution >= 4 is 17.9 Å². The van der Waals surface area contributed by atoms with Gasteiger partial charge < -0.3 is 29.5 Å². The second-order valence-corrected chi connectivity index (χ2v) is 12.9. The van der Waals surface area contributed by atoms with Crippen molar-refractivity contribution in [1.29, 1.82) is 0 Å². The first kappa shape index (κ1) is 33.8. The van der Waals surface area contributed by atoms with E-state index in [9.17, 15) is 19.5 Å². The number of nitrogens with one attached hydrogen (secondary N) is 1. The zero-order valence-electron chi connectivity index (χ0n) is 27.3. The van der Waals surface area contributed by atoms with E-state index in [1.54, 1.807) is 0 Å². The highest BCUT2D eigenvalue weighted by molar-refractivity contribution is 6.06. The van der Waals surface area contributed by atoms with E-state index < -0.39 is 24.3 Å². The number of carbonyl (C=O) groups is 3. The van der Waals surface area contributed by atoms with Crippen LogP contribution in [0.2, 0.25) is 0 Å². The highest BCUT2D eigenvalue weighted by Gasteiger charge is 2.40.